The van der Waals surface area contributed by atoms with E-state index >= 15 is 0 Å². The first-order valence-corrected chi connectivity index (χ1v) is 13.2. The minimum atomic E-state index is -0.460. The summed E-state index contributed by atoms with van der Waals surface area (Å²) >= 11 is 1.35. The summed E-state index contributed by atoms with van der Waals surface area (Å²) in [5, 5.41) is 8.72. The first kappa shape index (κ1) is 21.8. The Hall–Kier alpha value is -2.67. The molecule has 0 radical (unpaired) electrons. The number of rotatable bonds is 6. The topological polar surface area (TPSA) is 73.2 Å². The number of nitrogens with one attached hydrogen (secondary N) is 1. The highest BCUT2D eigenvalue weighted by Crippen LogP contribution is 2.61. The summed E-state index contributed by atoms with van der Waals surface area (Å²) in [7, 11) is 0. The number of aromatic nitrogens is 2. The van der Waals surface area contributed by atoms with E-state index in [1.807, 2.05) is 48.0 Å². The van der Waals surface area contributed by atoms with Crippen LogP contribution in [0, 0.1) is 30.1 Å². The highest BCUT2D eigenvalue weighted by Gasteiger charge is 2.53. The Kier molecular flexibility index (Phi) is 5.28. The molecule has 0 unspecified atom stereocenters. The molecule has 1 atom stereocenters. The summed E-state index contributed by atoms with van der Waals surface area (Å²) in [5.41, 5.74) is 2.04. The normalized spacial score (nSPS) is 28.2. The fourth-order valence-electron chi connectivity index (χ4n) is 7.24. The second-order valence-electron chi connectivity index (χ2n) is 10.8. The van der Waals surface area contributed by atoms with E-state index in [4.69, 9.17) is 4.74 Å². The third kappa shape index (κ3) is 3.74. The van der Waals surface area contributed by atoms with Crippen LogP contribution >= 0.6 is 11.3 Å². The number of thiophene rings is 1. The lowest BCUT2D eigenvalue weighted by atomic mass is 9.48. The van der Waals surface area contributed by atoms with E-state index in [1.54, 1.807) is 0 Å². The van der Waals surface area contributed by atoms with Gasteiger partial charge in [0, 0.05) is 11.4 Å². The molecular formula is C27H31N3O3S. The molecule has 0 spiro atoms. The van der Waals surface area contributed by atoms with Gasteiger partial charge in [0.25, 0.3) is 5.91 Å². The lowest BCUT2D eigenvalue weighted by molar-refractivity contribution is -0.128. The molecule has 0 saturated heterocycles. The summed E-state index contributed by atoms with van der Waals surface area (Å²) in [6.45, 7) is 3.84. The number of esters is 1. The maximum absolute atomic E-state index is 12.8. The number of hydrogen-bond acceptors (Lipinski definition) is 5. The highest BCUT2D eigenvalue weighted by atomic mass is 32.1. The Labute approximate surface area is 203 Å². The van der Waals surface area contributed by atoms with Crippen molar-refractivity contribution in [1.29, 1.82) is 0 Å². The summed E-state index contributed by atoms with van der Waals surface area (Å²) in [4.78, 5) is 26.8. The van der Waals surface area contributed by atoms with Crippen LogP contribution < -0.4 is 5.32 Å². The molecule has 1 amide bonds. The van der Waals surface area contributed by atoms with Gasteiger partial charge in [-0.25, -0.2) is 9.48 Å². The molecule has 34 heavy (non-hydrogen) atoms. The number of carbonyl (C=O) groups excluding carboxylic acids is 2. The van der Waals surface area contributed by atoms with Gasteiger partial charge in [-0.05, 0) is 93.7 Å². The molecule has 7 heteroatoms. The van der Waals surface area contributed by atoms with Crippen molar-refractivity contribution in [3.05, 3.63) is 47.0 Å². The molecule has 6 nitrogen and oxygen atoms in total. The number of fused-ring (bicyclic) bond motifs is 1. The van der Waals surface area contributed by atoms with Gasteiger partial charge in [-0.1, -0.05) is 18.2 Å². The fraction of sp³-hybridized carbons (Fsp3) is 0.519. The number of ether oxygens (including phenoxy) is 1. The zero-order valence-corrected chi connectivity index (χ0v) is 20.6. The number of para-hydroxylation sites is 1. The third-order valence-corrected chi connectivity index (χ3v) is 9.55. The van der Waals surface area contributed by atoms with Gasteiger partial charge in [0.05, 0.1) is 11.4 Å². The number of aryl methyl sites for hydroxylation is 1. The molecule has 4 bridgehead atoms. The van der Waals surface area contributed by atoms with Gasteiger partial charge in [-0.15, -0.1) is 11.3 Å². The van der Waals surface area contributed by atoms with Crippen LogP contribution in [0.1, 0.15) is 60.8 Å². The monoisotopic (exact) mass is 477 g/mol. The van der Waals surface area contributed by atoms with Gasteiger partial charge in [-0.2, -0.15) is 5.10 Å². The van der Waals surface area contributed by atoms with Crippen LogP contribution in [0.3, 0.4) is 0 Å². The molecule has 2 heterocycles. The van der Waals surface area contributed by atoms with Crippen LogP contribution in [-0.2, 0) is 9.53 Å². The van der Waals surface area contributed by atoms with Crippen molar-refractivity contribution in [2.24, 2.45) is 23.2 Å². The lowest BCUT2D eigenvalue weighted by Gasteiger charge is -2.59. The molecule has 4 aliphatic carbocycles. The number of carbonyl (C=O) groups is 2. The quantitative estimate of drug-likeness (QED) is 0.491. The molecule has 1 N–H and O–H groups in total. The van der Waals surface area contributed by atoms with E-state index in [1.165, 1.54) is 49.9 Å². The van der Waals surface area contributed by atoms with E-state index in [2.05, 4.69) is 17.3 Å². The molecule has 7 rings (SSSR count). The first-order valence-electron chi connectivity index (χ1n) is 12.4. The van der Waals surface area contributed by atoms with Gasteiger partial charge >= 0.3 is 5.97 Å². The van der Waals surface area contributed by atoms with Gasteiger partial charge < -0.3 is 10.1 Å². The van der Waals surface area contributed by atoms with Crippen molar-refractivity contribution in [3.63, 3.8) is 0 Å². The third-order valence-electron chi connectivity index (χ3n) is 8.46. The Morgan fingerprint density at radius 1 is 1.15 bits per heavy atom. The average Bonchev–Trinajstić information content (AvgIpc) is 3.38. The van der Waals surface area contributed by atoms with Gasteiger partial charge in [0.1, 0.15) is 9.71 Å². The van der Waals surface area contributed by atoms with E-state index in [-0.39, 0.29) is 24.0 Å². The smallest absolute Gasteiger partial charge is 0.348 e. The molecule has 2 aromatic heterocycles. The molecule has 3 aromatic rings. The van der Waals surface area contributed by atoms with Crippen molar-refractivity contribution in [1.82, 2.24) is 15.1 Å². The SMILES string of the molecule is Cc1nn(-c2ccccc2)c2sc(C(=O)OCC(=O)N[C@H](C)C34CC5CC(CC(C5)C3)C4)cc12. The van der Waals surface area contributed by atoms with E-state index < -0.39 is 5.97 Å². The van der Waals surface area contributed by atoms with Crippen LogP contribution in [0.2, 0.25) is 0 Å². The first-order chi connectivity index (χ1) is 16.4. The second kappa shape index (κ2) is 8.22. The Bertz CT molecular complexity index is 1210. The minimum Gasteiger partial charge on any atom is -0.451 e. The molecule has 0 aliphatic heterocycles. The van der Waals surface area contributed by atoms with Gasteiger partial charge in [0.2, 0.25) is 0 Å². The maximum Gasteiger partial charge on any atom is 0.348 e. The van der Waals surface area contributed by atoms with Crippen molar-refractivity contribution >= 4 is 33.4 Å². The largest absolute Gasteiger partial charge is 0.451 e. The van der Waals surface area contributed by atoms with E-state index in [9.17, 15) is 9.59 Å². The van der Waals surface area contributed by atoms with Crippen molar-refractivity contribution in [2.75, 3.05) is 6.61 Å². The number of hydrogen-bond donors (Lipinski definition) is 1. The van der Waals surface area contributed by atoms with E-state index in [0.717, 1.165) is 39.4 Å². The van der Waals surface area contributed by atoms with Crippen molar-refractivity contribution < 1.29 is 14.3 Å². The minimum absolute atomic E-state index is 0.121. The standard InChI is InChI=1S/C27H31N3O3S/c1-16-22-11-23(34-25(22)30(29-16)21-6-4-3-5-7-21)26(32)33-15-24(31)28-17(2)27-12-18-8-19(13-27)10-20(9-18)14-27/h3-7,11,17-20H,8-10,12-15H2,1-2H3,(H,28,31)/t17-,18?,19?,20?,27?/m1/s1. The van der Waals surface area contributed by atoms with Crippen LogP contribution in [0.4, 0.5) is 0 Å². The molecule has 1 aromatic carbocycles. The molecule has 4 fully saturated rings. The molecular weight excluding hydrogens is 446 g/mol. The second-order valence-corrected chi connectivity index (χ2v) is 11.8. The summed E-state index contributed by atoms with van der Waals surface area (Å²) in [6.07, 6.45) is 7.86. The number of amides is 1. The van der Waals surface area contributed by atoms with Crippen LogP contribution in [-0.4, -0.2) is 34.3 Å². The number of nitrogens with zero attached hydrogens (tertiary/aromatic N) is 2. The van der Waals surface area contributed by atoms with Gasteiger partial charge in [-0.3, -0.25) is 4.79 Å². The van der Waals surface area contributed by atoms with Gasteiger partial charge in [0.15, 0.2) is 6.61 Å². The zero-order valence-electron chi connectivity index (χ0n) is 19.8. The van der Waals surface area contributed by atoms with E-state index in [0.29, 0.717) is 4.88 Å². The predicted molar refractivity (Wildman–Crippen MR) is 132 cm³/mol. The Morgan fingerprint density at radius 3 is 2.44 bits per heavy atom. The maximum atomic E-state index is 12.8. The van der Waals surface area contributed by atoms with Crippen molar-refractivity contribution in [3.8, 4) is 5.69 Å². The molecule has 4 saturated carbocycles. The fourth-order valence-corrected chi connectivity index (χ4v) is 8.32. The average molecular weight is 478 g/mol. The molecule has 4 aliphatic rings. The summed E-state index contributed by atoms with van der Waals surface area (Å²) in [6, 6.07) is 11.8. The van der Waals surface area contributed by atoms with Crippen LogP contribution in [0.5, 0.6) is 0 Å². The highest BCUT2D eigenvalue weighted by molar-refractivity contribution is 7.20. The lowest BCUT2D eigenvalue weighted by Crippen LogP contribution is -2.56. The number of benzene rings is 1. The van der Waals surface area contributed by atoms with Crippen LogP contribution in [0.25, 0.3) is 15.9 Å². The Balaban J connectivity index is 1.10. The van der Waals surface area contributed by atoms with Crippen molar-refractivity contribution in [2.45, 2.75) is 58.4 Å². The predicted octanol–water partition coefficient (Wildman–Crippen LogP) is 5.27. The summed E-state index contributed by atoms with van der Waals surface area (Å²) in [5.74, 6) is 1.85. The Morgan fingerprint density at radius 2 is 1.79 bits per heavy atom. The summed E-state index contributed by atoms with van der Waals surface area (Å²) < 4.78 is 7.28. The molecule has 178 valence electrons. The van der Waals surface area contributed by atoms with Crippen LogP contribution in [0.15, 0.2) is 36.4 Å². The zero-order chi connectivity index (χ0) is 23.4.